The lowest BCUT2D eigenvalue weighted by Crippen LogP contribution is -2.45. The lowest BCUT2D eigenvalue weighted by molar-refractivity contribution is -0.127. The first-order valence-corrected chi connectivity index (χ1v) is 10.7. The molecule has 0 spiro atoms. The fraction of sp³-hybridized carbons (Fsp3) is 0.478. The molecule has 2 atom stereocenters. The molecule has 1 aromatic heterocycles. The van der Waals surface area contributed by atoms with Gasteiger partial charge in [-0.05, 0) is 56.1 Å². The molecule has 2 N–H and O–H groups in total. The van der Waals surface area contributed by atoms with Crippen molar-refractivity contribution >= 4 is 11.7 Å². The monoisotopic (exact) mass is 423 g/mol. The van der Waals surface area contributed by atoms with E-state index in [4.69, 9.17) is 5.26 Å². The molecule has 7 nitrogen and oxygen atoms in total. The zero-order valence-corrected chi connectivity index (χ0v) is 17.5. The number of hydrogen-bond donors (Lipinski definition) is 2. The summed E-state index contributed by atoms with van der Waals surface area (Å²) in [6.07, 6.45) is 5.34. The van der Waals surface area contributed by atoms with Crippen molar-refractivity contribution in [3.8, 4) is 6.07 Å². The van der Waals surface area contributed by atoms with Gasteiger partial charge in [0.25, 0.3) is 5.56 Å². The average Bonchev–Trinajstić information content (AvgIpc) is 3.59. The van der Waals surface area contributed by atoms with Crippen LogP contribution in [-0.4, -0.2) is 29.0 Å². The van der Waals surface area contributed by atoms with Crippen molar-refractivity contribution in [1.82, 2.24) is 15.3 Å². The van der Waals surface area contributed by atoms with Crippen LogP contribution in [0, 0.1) is 41.8 Å². The zero-order valence-electron chi connectivity index (χ0n) is 17.5. The SMILES string of the molecule is Cc1cc(CNC(=O)C(C2CC2)[C@@H]2CCCN(c3cc(=O)[nH]cn3)C2)c(F)cc1C#N. The number of nitrogens with zero attached hydrogens (tertiary/aromatic N) is 3. The number of H-pyrrole nitrogens is 1. The van der Waals surface area contributed by atoms with Crippen molar-refractivity contribution in [3.05, 3.63) is 57.4 Å². The Hall–Kier alpha value is -3.21. The summed E-state index contributed by atoms with van der Waals surface area (Å²) in [7, 11) is 0. The second-order valence-electron chi connectivity index (χ2n) is 8.57. The van der Waals surface area contributed by atoms with Gasteiger partial charge in [0.2, 0.25) is 5.91 Å². The minimum atomic E-state index is -0.477. The van der Waals surface area contributed by atoms with Crippen LogP contribution in [0.5, 0.6) is 0 Å². The van der Waals surface area contributed by atoms with Gasteiger partial charge in [-0.25, -0.2) is 9.37 Å². The van der Waals surface area contributed by atoms with Gasteiger partial charge in [-0.2, -0.15) is 5.26 Å². The minimum Gasteiger partial charge on any atom is -0.356 e. The quantitative estimate of drug-likeness (QED) is 0.744. The maximum atomic E-state index is 14.3. The van der Waals surface area contributed by atoms with Gasteiger partial charge < -0.3 is 15.2 Å². The number of nitriles is 1. The number of hydrogen-bond acceptors (Lipinski definition) is 5. The molecule has 0 bridgehead atoms. The Morgan fingerprint density at radius 3 is 2.87 bits per heavy atom. The topological polar surface area (TPSA) is 102 Å². The van der Waals surface area contributed by atoms with Crippen LogP contribution in [0.25, 0.3) is 0 Å². The summed E-state index contributed by atoms with van der Waals surface area (Å²) in [6, 6.07) is 6.32. The third kappa shape index (κ3) is 4.76. The van der Waals surface area contributed by atoms with E-state index in [2.05, 4.69) is 20.2 Å². The molecule has 162 valence electrons. The van der Waals surface area contributed by atoms with E-state index in [0.29, 0.717) is 35.0 Å². The van der Waals surface area contributed by atoms with E-state index < -0.39 is 5.82 Å². The van der Waals surface area contributed by atoms with Crippen molar-refractivity contribution in [2.75, 3.05) is 18.0 Å². The summed E-state index contributed by atoms with van der Waals surface area (Å²) >= 11 is 0. The van der Waals surface area contributed by atoms with Gasteiger partial charge in [0.15, 0.2) is 0 Å². The predicted molar refractivity (Wildman–Crippen MR) is 114 cm³/mol. The Morgan fingerprint density at radius 2 is 2.16 bits per heavy atom. The van der Waals surface area contributed by atoms with E-state index >= 15 is 0 Å². The third-order valence-electron chi connectivity index (χ3n) is 6.35. The number of halogens is 1. The number of aromatic nitrogens is 2. The Bertz CT molecular complexity index is 1070. The first kappa shape index (κ1) is 21.0. The average molecular weight is 423 g/mol. The Balaban J connectivity index is 1.45. The number of carbonyl (C=O) groups is 1. The van der Waals surface area contributed by atoms with E-state index in [1.165, 1.54) is 18.5 Å². The molecule has 8 heteroatoms. The molecule has 1 aliphatic heterocycles. The van der Waals surface area contributed by atoms with Crippen molar-refractivity contribution in [1.29, 1.82) is 5.26 Å². The molecule has 1 saturated carbocycles. The minimum absolute atomic E-state index is 0.0466. The lowest BCUT2D eigenvalue weighted by atomic mass is 9.81. The molecule has 1 unspecified atom stereocenters. The molecular formula is C23H26FN5O2. The van der Waals surface area contributed by atoms with Crippen molar-refractivity contribution in [2.45, 2.75) is 39.2 Å². The van der Waals surface area contributed by atoms with Crippen LogP contribution >= 0.6 is 0 Å². The third-order valence-corrected chi connectivity index (χ3v) is 6.35. The summed E-state index contributed by atoms with van der Waals surface area (Å²) in [5, 5.41) is 12.0. The Kier molecular flexibility index (Phi) is 6.03. The number of piperidine rings is 1. The van der Waals surface area contributed by atoms with Gasteiger partial charge in [-0.3, -0.25) is 9.59 Å². The summed E-state index contributed by atoms with van der Waals surface area (Å²) in [5.41, 5.74) is 1.19. The second kappa shape index (κ2) is 8.88. The second-order valence-corrected chi connectivity index (χ2v) is 8.57. The Morgan fingerprint density at radius 1 is 1.35 bits per heavy atom. The predicted octanol–water partition coefficient (Wildman–Crippen LogP) is 2.65. The molecule has 2 heterocycles. The van der Waals surface area contributed by atoms with Gasteiger partial charge in [0.1, 0.15) is 11.6 Å². The Labute approximate surface area is 180 Å². The number of anilines is 1. The fourth-order valence-corrected chi connectivity index (χ4v) is 4.61. The van der Waals surface area contributed by atoms with E-state index in [-0.39, 0.29) is 29.8 Å². The normalized spacial score (nSPS) is 19.5. The highest BCUT2D eigenvalue weighted by molar-refractivity contribution is 5.79. The molecule has 2 fully saturated rings. The van der Waals surface area contributed by atoms with E-state index in [1.807, 2.05) is 6.07 Å². The number of aryl methyl sites for hydroxylation is 1. The van der Waals surface area contributed by atoms with Gasteiger partial charge >= 0.3 is 0 Å². The maximum absolute atomic E-state index is 14.3. The fourth-order valence-electron chi connectivity index (χ4n) is 4.61. The van der Waals surface area contributed by atoms with E-state index in [1.54, 1.807) is 13.0 Å². The summed E-state index contributed by atoms with van der Waals surface area (Å²) < 4.78 is 14.3. The maximum Gasteiger partial charge on any atom is 0.252 e. The first-order valence-electron chi connectivity index (χ1n) is 10.7. The molecule has 1 aromatic carbocycles. The van der Waals surface area contributed by atoms with Crippen LogP contribution in [-0.2, 0) is 11.3 Å². The number of carbonyl (C=O) groups excluding carboxylic acids is 1. The summed E-state index contributed by atoms with van der Waals surface area (Å²) in [4.78, 5) is 33.7. The van der Waals surface area contributed by atoms with Crippen LogP contribution in [0.3, 0.4) is 0 Å². The van der Waals surface area contributed by atoms with E-state index in [0.717, 1.165) is 32.2 Å². The largest absolute Gasteiger partial charge is 0.356 e. The molecule has 0 radical (unpaired) electrons. The van der Waals surface area contributed by atoms with Crippen molar-refractivity contribution in [2.24, 2.45) is 17.8 Å². The highest BCUT2D eigenvalue weighted by atomic mass is 19.1. The molecule has 2 aliphatic rings. The highest BCUT2D eigenvalue weighted by Gasteiger charge is 2.42. The number of amides is 1. The molecule has 1 aliphatic carbocycles. The number of aromatic amines is 1. The smallest absolute Gasteiger partial charge is 0.252 e. The number of benzene rings is 1. The molecule has 31 heavy (non-hydrogen) atoms. The molecular weight excluding hydrogens is 397 g/mol. The number of nitrogens with one attached hydrogen (secondary N) is 2. The van der Waals surface area contributed by atoms with Crippen LogP contribution in [0.2, 0.25) is 0 Å². The van der Waals surface area contributed by atoms with Gasteiger partial charge in [0.05, 0.1) is 18.0 Å². The van der Waals surface area contributed by atoms with Crippen LogP contribution < -0.4 is 15.8 Å². The van der Waals surface area contributed by atoms with Crippen LogP contribution in [0.4, 0.5) is 10.2 Å². The van der Waals surface area contributed by atoms with Crippen molar-refractivity contribution < 1.29 is 9.18 Å². The van der Waals surface area contributed by atoms with Gasteiger partial charge in [0, 0.05) is 37.2 Å². The molecule has 1 amide bonds. The number of rotatable bonds is 6. The molecule has 2 aromatic rings. The van der Waals surface area contributed by atoms with Crippen LogP contribution in [0.15, 0.2) is 29.3 Å². The van der Waals surface area contributed by atoms with Crippen molar-refractivity contribution in [3.63, 3.8) is 0 Å². The zero-order chi connectivity index (χ0) is 22.0. The summed E-state index contributed by atoms with van der Waals surface area (Å²) in [5.74, 6) is 0.495. The van der Waals surface area contributed by atoms with E-state index in [9.17, 15) is 14.0 Å². The van der Waals surface area contributed by atoms with Crippen LogP contribution in [0.1, 0.15) is 42.4 Å². The first-order chi connectivity index (χ1) is 15.0. The molecule has 1 saturated heterocycles. The van der Waals surface area contributed by atoms with Gasteiger partial charge in [-0.1, -0.05) is 6.07 Å². The lowest BCUT2D eigenvalue weighted by Gasteiger charge is -2.37. The van der Waals surface area contributed by atoms with Gasteiger partial charge in [-0.15, -0.1) is 0 Å². The highest BCUT2D eigenvalue weighted by Crippen LogP contribution is 2.43. The standard InChI is InChI=1S/C23H26FN5O2/c1-14-7-18(19(24)8-17(14)10-25)11-26-23(31)22(15-4-5-15)16-3-2-6-29(12-16)20-9-21(30)28-13-27-20/h7-9,13,15-16,22H,2-6,11-12H2,1H3,(H,26,31)(H,27,28,30)/t16-,22?/m1/s1. The summed E-state index contributed by atoms with van der Waals surface area (Å²) in [6.45, 7) is 3.35. The molecule has 4 rings (SSSR count).